The van der Waals surface area contributed by atoms with E-state index >= 15 is 0 Å². The van der Waals surface area contributed by atoms with Crippen molar-refractivity contribution in [1.29, 1.82) is 0 Å². The van der Waals surface area contributed by atoms with Crippen molar-refractivity contribution in [1.82, 2.24) is 4.90 Å². The largest absolute Gasteiger partial charge is 0.480 e. The standard InChI is InChI=1S/C15H21NO3S/c1-4-13(15(18)19)20-10-14(17)16(3)9-12-7-5-11(2)6-8-12/h5-8,13H,4,9-10H2,1-3H3,(H,18,19). The lowest BCUT2D eigenvalue weighted by molar-refractivity contribution is -0.136. The summed E-state index contributed by atoms with van der Waals surface area (Å²) in [5, 5.41) is 8.43. The van der Waals surface area contributed by atoms with Gasteiger partial charge in [0.25, 0.3) is 0 Å². The molecule has 0 aromatic heterocycles. The molecule has 1 aromatic carbocycles. The molecular weight excluding hydrogens is 274 g/mol. The Morgan fingerprint density at radius 3 is 2.40 bits per heavy atom. The van der Waals surface area contributed by atoms with Crippen molar-refractivity contribution in [2.24, 2.45) is 0 Å². The highest BCUT2D eigenvalue weighted by Gasteiger charge is 2.18. The molecule has 5 heteroatoms. The summed E-state index contributed by atoms with van der Waals surface area (Å²) in [4.78, 5) is 24.5. The smallest absolute Gasteiger partial charge is 0.316 e. The van der Waals surface area contributed by atoms with Crippen molar-refractivity contribution in [3.63, 3.8) is 0 Å². The Bertz CT molecular complexity index is 459. The van der Waals surface area contributed by atoms with E-state index in [1.54, 1.807) is 11.9 Å². The van der Waals surface area contributed by atoms with Crippen LogP contribution in [0.3, 0.4) is 0 Å². The number of hydrogen-bond acceptors (Lipinski definition) is 3. The minimum absolute atomic E-state index is 0.0460. The second kappa shape index (κ2) is 7.94. The molecule has 1 aromatic rings. The molecule has 0 heterocycles. The molecule has 0 fully saturated rings. The predicted octanol–water partition coefficient (Wildman–Crippen LogP) is 2.55. The zero-order valence-corrected chi connectivity index (χ0v) is 12.9. The molecule has 0 aliphatic heterocycles. The van der Waals surface area contributed by atoms with E-state index in [9.17, 15) is 9.59 Å². The number of amides is 1. The van der Waals surface area contributed by atoms with E-state index in [2.05, 4.69) is 0 Å². The van der Waals surface area contributed by atoms with Gasteiger partial charge in [-0.15, -0.1) is 11.8 Å². The number of carbonyl (C=O) groups is 2. The lowest BCUT2D eigenvalue weighted by atomic mass is 10.1. The highest BCUT2D eigenvalue weighted by Crippen LogP contribution is 2.16. The van der Waals surface area contributed by atoms with Crippen LogP contribution in [-0.4, -0.2) is 39.9 Å². The number of rotatable bonds is 7. The van der Waals surface area contributed by atoms with Crippen LogP contribution in [0.15, 0.2) is 24.3 Å². The SMILES string of the molecule is CCC(SCC(=O)N(C)Cc1ccc(C)cc1)C(=O)O. The second-order valence-electron chi connectivity index (χ2n) is 4.78. The fraction of sp³-hybridized carbons (Fsp3) is 0.467. The minimum atomic E-state index is -0.855. The molecule has 0 saturated heterocycles. The van der Waals surface area contributed by atoms with E-state index < -0.39 is 11.2 Å². The van der Waals surface area contributed by atoms with Crippen LogP contribution in [0.4, 0.5) is 0 Å². The molecule has 0 aliphatic carbocycles. The van der Waals surface area contributed by atoms with Crippen molar-refractivity contribution < 1.29 is 14.7 Å². The second-order valence-corrected chi connectivity index (χ2v) is 5.97. The van der Waals surface area contributed by atoms with Crippen LogP contribution in [0.2, 0.25) is 0 Å². The van der Waals surface area contributed by atoms with Crippen molar-refractivity contribution in [2.45, 2.75) is 32.1 Å². The predicted molar refractivity (Wildman–Crippen MR) is 81.8 cm³/mol. The van der Waals surface area contributed by atoms with Crippen LogP contribution in [0.25, 0.3) is 0 Å². The van der Waals surface area contributed by atoms with Gasteiger partial charge in [0, 0.05) is 13.6 Å². The summed E-state index contributed by atoms with van der Waals surface area (Å²) in [5.74, 6) is -0.700. The average Bonchev–Trinajstić information content (AvgIpc) is 2.41. The van der Waals surface area contributed by atoms with Gasteiger partial charge in [0.15, 0.2) is 0 Å². The molecule has 0 saturated carbocycles. The summed E-state index contributed by atoms with van der Waals surface area (Å²) >= 11 is 1.19. The van der Waals surface area contributed by atoms with Gasteiger partial charge in [-0.2, -0.15) is 0 Å². The first-order valence-electron chi connectivity index (χ1n) is 6.58. The highest BCUT2D eigenvalue weighted by molar-refractivity contribution is 8.01. The zero-order chi connectivity index (χ0) is 15.1. The number of thioether (sulfide) groups is 1. The van der Waals surface area contributed by atoms with Crippen LogP contribution < -0.4 is 0 Å². The maximum atomic E-state index is 12.0. The summed E-state index contributed by atoms with van der Waals surface area (Å²) in [5.41, 5.74) is 2.26. The molecule has 0 spiro atoms. The number of carboxylic acid groups (broad SMARTS) is 1. The number of carboxylic acids is 1. The maximum absolute atomic E-state index is 12.0. The van der Waals surface area contributed by atoms with Crippen LogP contribution in [0.1, 0.15) is 24.5 Å². The molecule has 1 atom stereocenters. The fourth-order valence-corrected chi connectivity index (χ4v) is 2.64. The summed E-state index contributed by atoms with van der Waals surface area (Å²) in [7, 11) is 1.74. The molecule has 1 rings (SSSR count). The van der Waals surface area contributed by atoms with Crippen molar-refractivity contribution >= 4 is 23.6 Å². The number of hydrogen-bond donors (Lipinski definition) is 1. The van der Waals surface area contributed by atoms with Gasteiger partial charge in [0.05, 0.1) is 5.75 Å². The first-order chi connectivity index (χ1) is 9.43. The Morgan fingerprint density at radius 1 is 1.30 bits per heavy atom. The van der Waals surface area contributed by atoms with E-state index in [4.69, 9.17) is 5.11 Å². The van der Waals surface area contributed by atoms with Gasteiger partial charge in [-0.05, 0) is 18.9 Å². The monoisotopic (exact) mass is 295 g/mol. The van der Waals surface area contributed by atoms with Crippen molar-refractivity contribution in [2.75, 3.05) is 12.8 Å². The Labute approximate surface area is 124 Å². The first kappa shape index (κ1) is 16.6. The van der Waals surface area contributed by atoms with Gasteiger partial charge in [0.2, 0.25) is 5.91 Å². The Hall–Kier alpha value is -1.49. The quantitative estimate of drug-likeness (QED) is 0.840. The Balaban J connectivity index is 2.46. The third kappa shape index (κ3) is 5.25. The van der Waals surface area contributed by atoms with E-state index in [-0.39, 0.29) is 11.7 Å². The van der Waals surface area contributed by atoms with E-state index in [0.29, 0.717) is 13.0 Å². The first-order valence-corrected chi connectivity index (χ1v) is 7.62. The topological polar surface area (TPSA) is 57.6 Å². The number of nitrogens with zero attached hydrogens (tertiary/aromatic N) is 1. The molecule has 1 N–H and O–H groups in total. The van der Waals surface area contributed by atoms with Gasteiger partial charge in [-0.1, -0.05) is 36.8 Å². The van der Waals surface area contributed by atoms with Gasteiger partial charge < -0.3 is 10.0 Å². The fourth-order valence-electron chi connectivity index (χ4n) is 1.70. The van der Waals surface area contributed by atoms with Crippen LogP contribution >= 0.6 is 11.8 Å². The van der Waals surface area contributed by atoms with Crippen molar-refractivity contribution in [3.8, 4) is 0 Å². The normalized spacial score (nSPS) is 11.9. The molecule has 4 nitrogen and oxygen atoms in total. The lowest BCUT2D eigenvalue weighted by Gasteiger charge is -2.18. The molecule has 1 amide bonds. The van der Waals surface area contributed by atoms with Crippen LogP contribution in [-0.2, 0) is 16.1 Å². The maximum Gasteiger partial charge on any atom is 0.316 e. The third-order valence-electron chi connectivity index (χ3n) is 3.02. The van der Waals surface area contributed by atoms with Crippen LogP contribution in [0, 0.1) is 6.92 Å². The average molecular weight is 295 g/mol. The molecule has 1 unspecified atom stereocenters. The van der Waals surface area contributed by atoms with E-state index in [1.165, 1.54) is 17.3 Å². The van der Waals surface area contributed by atoms with Crippen LogP contribution in [0.5, 0.6) is 0 Å². The summed E-state index contributed by atoms with van der Waals surface area (Å²) in [6.07, 6.45) is 0.523. The number of aryl methyl sites for hydroxylation is 1. The number of benzene rings is 1. The van der Waals surface area contributed by atoms with Gasteiger partial charge in [0.1, 0.15) is 5.25 Å². The minimum Gasteiger partial charge on any atom is -0.480 e. The molecule has 20 heavy (non-hydrogen) atoms. The molecule has 110 valence electrons. The molecule has 0 radical (unpaired) electrons. The van der Waals surface area contributed by atoms with Gasteiger partial charge in [-0.25, -0.2) is 0 Å². The van der Waals surface area contributed by atoms with E-state index in [1.807, 2.05) is 38.1 Å². The lowest BCUT2D eigenvalue weighted by Crippen LogP contribution is -2.29. The third-order valence-corrected chi connectivity index (χ3v) is 4.37. The number of aliphatic carboxylic acids is 1. The highest BCUT2D eigenvalue weighted by atomic mass is 32.2. The van der Waals surface area contributed by atoms with E-state index in [0.717, 1.165) is 5.56 Å². The zero-order valence-electron chi connectivity index (χ0n) is 12.1. The number of carbonyl (C=O) groups excluding carboxylic acids is 1. The Morgan fingerprint density at radius 2 is 1.90 bits per heavy atom. The Kier molecular flexibility index (Phi) is 6.58. The van der Waals surface area contributed by atoms with Gasteiger partial charge in [-0.3, -0.25) is 9.59 Å². The molecule has 0 bridgehead atoms. The summed E-state index contributed by atoms with van der Waals surface area (Å²) in [6.45, 7) is 4.38. The summed E-state index contributed by atoms with van der Waals surface area (Å²) < 4.78 is 0. The molecular formula is C15H21NO3S. The van der Waals surface area contributed by atoms with Crippen molar-refractivity contribution in [3.05, 3.63) is 35.4 Å². The molecule has 0 aliphatic rings. The van der Waals surface area contributed by atoms with Gasteiger partial charge >= 0.3 is 5.97 Å². The summed E-state index contributed by atoms with van der Waals surface area (Å²) in [6, 6.07) is 8.02.